The number of nitrogens with zero attached hydrogens (tertiary/aromatic N) is 1. The van der Waals surface area contributed by atoms with Gasteiger partial charge in [-0.15, -0.1) is 0 Å². The van der Waals surface area contributed by atoms with Crippen molar-refractivity contribution < 1.29 is 19.4 Å². The van der Waals surface area contributed by atoms with E-state index in [-0.39, 0.29) is 18.6 Å². The van der Waals surface area contributed by atoms with Crippen molar-refractivity contribution >= 4 is 11.9 Å². The number of ether oxygens (including phenoxy) is 1. The molecule has 0 spiro atoms. The van der Waals surface area contributed by atoms with Crippen LogP contribution in [-0.2, 0) is 14.3 Å². The number of carbonyl (C=O) groups excluding carboxylic acids is 1. The second kappa shape index (κ2) is 4.41. The zero-order chi connectivity index (χ0) is 10.7. The molecule has 0 aliphatic carbocycles. The van der Waals surface area contributed by atoms with E-state index in [1.165, 1.54) is 12.0 Å². The summed E-state index contributed by atoms with van der Waals surface area (Å²) in [7, 11) is 3.13. The molecule has 1 amide bonds. The van der Waals surface area contributed by atoms with Crippen molar-refractivity contribution in [1.29, 1.82) is 0 Å². The Hall–Kier alpha value is -1.10. The van der Waals surface area contributed by atoms with Gasteiger partial charge >= 0.3 is 5.97 Å². The molecule has 5 nitrogen and oxygen atoms in total. The molecule has 1 aliphatic heterocycles. The molecule has 0 aromatic rings. The van der Waals surface area contributed by atoms with Gasteiger partial charge in [0.05, 0.1) is 18.6 Å². The maximum absolute atomic E-state index is 11.3. The summed E-state index contributed by atoms with van der Waals surface area (Å²) in [5.74, 6) is -1.37. The summed E-state index contributed by atoms with van der Waals surface area (Å²) in [6, 6.07) is -0.334. The van der Waals surface area contributed by atoms with Gasteiger partial charge in [0.2, 0.25) is 5.91 Å². The Morgan fingerprint density at radius 3 is 2.86 bits per heavy atom. The topological polar surface area (TPSA) is 66.8 Å². The number of amides is 1. The highest BCUT2D eigenvalue weighted by Gasteiger charge is 2.37. The number of hydrogen-bond acceptors (Lipinski definition) is 3. The molecule has 2 unspecified atom stereocenters. The van der Waals surface area contributed by atoms with Crippen molar-refractivity contribution in [2.24, 2.45) is 5.92 Å². The number of carboxylic acid groups (broad SMARTS) is 1. The van der Waals surface area contributed by atoms with Crippen molar-refractivity contribution in [1.82, 2.24) is 4.90 Å². The molecule has 1 heterocycles. The zero-order valence-electron chi connectivity index (χ0n) is 8.40. The van der Waals surface area contributed by atoms with E-state index in [0.717, 1.165) is 0 Å². The van der Waals surface area contributed by atoms with Crippen molar-refractivity contribution in [3.05, 3.63) is 0 Å². The molecular weight excluding hydrogens is 186 g/mol. The molecule has 0 saturated carbocycles. The monoisotopic (exact) mass is 201 g/mol. The second-order valence-corrected chi connectivity index (χ2v) is 3.51. The Kier molecular flexibility index (Phi) is 3.46. The van der Waals surface area contributed by atoms with Crippen LogP contribution in [0, 0.1) is 5.92 Å². The third-order valence-corrected chi connectivity index (χ3v) is 2.68. The van der Waals surface area contributed by atoms with Crippen molar-refractivity contribution in [2.75, 3.05) is 20.8 Å². The Morgan fingerprint density at radius 1 is 1.71 bits per heavy atom. The van der Waals surface area contributed by atoms with Gasteiger partial charge in [0, 0.05) is 20.6 Å². The minimum atomic E-state index is -0.855. The van der Waals surface area contributed by atoms with E-state index < -0.39 is 11.9 Å². The van der Waals surface area contributed by atoms with Gasteiger partial charge < -0.3 is 14.7 Å². The van der Waals surface area contributed by atoms with Gasteiger partial charge in [-0.3, -0.25) is 9.59 Å². The third-order valence-electron chi connectivity index (χ3n) is 2.68. The Labute approximate surface area is 82.6 Å². The molecule has 2 atom stereocenters. The molecule has 0 bridgehead atoms. The minimum Gasteiger partial charge on any atom is -0.481 e. The first-order valence-corrected chi connectivity index (χ1v) is 4.55. The summed E-state index contributed by atoms with van der Waals surface area (Å²) < 4.78 is 4.92. The summed E-state index contributed by atoms with van der Waals surface area (Å²) in [4.78, 5) is 23.7. The molecule has 1 fully saturated rings. The highest BCUT2D eigenvalue weighted by Crippen LogP contribution is 2.23. The fourth-order valence-electron chi connectivity index (χ4n) is 1.79. The Bertz CT molecular complexity index is 241. The molecule has 1 aliphatic rings. The Morgan fingerprint density at radius 2 is 2.36 bits per heavy atom. The number of likely N-dealkylation sites (tertiary alicyclic amines) is 1. The van der Waals surface area contributed by atoms with Crippen LogP contribution < -0.4 is 0 Å². The first kappa shape index (κ1) is 11.0. The maximum Gasteiger partial charge on any atom is 0.308 e. The molecule has 0 aromatic carbocycles. The van der Waals surface area contributed by atoms with Gasteiger partial charge in [0.1, 0.15) is 0 Å². The van der Waals surface area contributed by atoms with Crippen LogP contribution in [0.25, 0.3) is 0 Å². The number of rotatable bonds is 3. The highest BCUT2D eigenvalue weighted by atomic mass is 16.5. The standard InChI is InChI=1S/C9H15NO4/c1-10-7(5-14-2)6(9(12)13)3-4-8(10)11/h6-7H,3-5H2,1-2H3,(H,12,13). The molecule has 1 N–H and O–H groups in total. The summed E-state index contributed by atoms with van der Waals surface area (Å²) in [6.07, 6.45) is 0.722. The maximum atomic E-state index is 11.3. The second-order valence-electron chi connectivity index (χ2n) is 3.51. The zero-order valence-corrected chi connectivity index (χ0v) is 8.40. The van der Waals surface area contributed by atoms with E-state index >= 15 is 0 Å². The van der Waals surface area contributed by atoms with Crippen LogP contribution >= 0.6 is 0 Å². The van der Waals surface area contributed by atoms with E-state index in [1.54, 1.807) is 7.05 Å². The summed E-state index contributed by atoms with van der Waals surface area (Å²) in [5.41, 5.74) is 0. The Balaban J connectivity index is 2.76. The van der Waals surface area contributed by atoms with Crippen LogP contribution in [0.5, 0.6) is 0 Å². The van der Waals surface area contributed by atoms with Crippen LogP contribution in [0.1, 0.15) is 12.8 Å². The molecule has 1 saturated heterocycles. The number of piperidine rings is 1. The lowest BCUT2D eigenvalue weighted by Gasteiger charge is -2.36. The fraction of sp³-hybridized carbons (Fsp3) is 0.778. The molecule has 5 heteroatoms. The van der Waals surface area contributed by atoms with Gasteiger partial charge in [0.15, 0.2) is 0 Å². The predicted octanol–water partition coefficient (Wildman–Crippen LogP) is -0.0456. The number of likely N-dealkylation sites (N-methyl/N-ethyl adjacent to an activating group) is 1. The quantitative estimate of drug-likeness (QED) is 0.695. The molecular formula is C9H15NO4. The first-order valence-electron chi connectivity index (χ1n) is 4.55. The van der Waals surface area contributed by atoms with Crippen LogP contribution in [0.15, 0.2) is 0 Å². The largest absolute Gasteiger partial charge is 0.481 e. The van der Waals surface area contributed by atoms with E-state index in [4.69, 9.17) is 9.84 Å². The lowest BCUT2D eigenvalue weighted by Crippen LogP contribution is -2.51. The smallest absolute Gasteiger partial charge is 0.308 e. The van der Waals surface area contributed by atoms with Gasteiger partial charge in [0.25, 0.3) is 0 Å². The van der Waals surface area contributed by atoms with E-state index in [0.29, 0.717) is 12.8 Å². The molecule has 14 heavy (non-hydrogen) atoms. The molecule has 0 aromatic heterocycles. The average Bonchev–Trinajstić information content (AvgIpc) is 2.13. The van der Waals surface area contributed by atoms with E-state index in [2.05, 4.69) is 0 Å². The van der Waals surface area contributed by atoms with E-state index in [9.17, 15) is 9.59 Å². The predicted molar refractivity (Wildman–Crippen MR) is 48.8 cm³/mol. The van der Waals surface area contributed by atoms with Crippen LogP contribution in [0.2, 0.25) is 0 Å². The van der Waals surface area contributed by atoms with Gasteiger partial charge in [-0.2, -0.15) is 0 Å². The van der Waals surface area contributed by atoms with Crippen LogP contribution in [0.4, 0.5) is 0 Å². The lowest BCUT2D eigenvalue weighted by molar-refractivity contribution is -0.152. The number of carboxylic acids is 1. The minimum absolute atomic E-state index is 0.00968. The molecule has 0 radical (unpaired) electrons. The number of carbonyl (C=O) groups is 2. The van der Waals surface area contributed by atoms with Gasteiger partial charge in [-0.1, -0.05) is 0 Å². The van der Waals surface area contributed by atoms with E-state index in [1.807, 2.05) is 0 Å². The normalized spacial score (nSPS) is 27.9. The van der Waals surface area contributed by atoms with Gasteiger partial charge in [-0.25, -0.2) is 0 Å². The lowest BCUT2D eigenvalue weighted by atomic mass is 9.89. The van der Waals surface area contributed by atoms with Gasteiger partial charge in [-0.05, 0) is 6.42 Å². The molecule has 80 valence electrons. The average molecular weight is 201 g/mol. The van der Waals surface area contributed by atoms with Crippen molar-refractivity contribution in [2.45, 2.75) is 18.9 Å². The SMILES string of the molecule is COCC1C(C(=O)O)CCC(=O)N1C. The van der Waals surface area contributed by atoms with Crippen LogP contribution in [-0.4, -0.2) is 48.7 Å². The number of aliphatic carboxylic acids is 1. The van der Waals surface area contributed by atoms with Crippen LogP contribution in [0.3, 0.4) is 0 Å². The van der Waals surface area contributed by atoms with Crippen molar-refractivity contribution in [3.8, 4) is 0 Å². The number of hydrogen-bond donors (Lipinski definition) is 1. The fourth-order valence-corrected chi connectivity index (χ4v) is 1.79. The number of methoxy groups -OCH3 is 1. The summed E-state index contributed by atoms with van der Waals surface area (Å²) in [6.45, 7) is 0.277. The summed E-state index contributed by atoms with van der Waals surface area (Å²) in [5, 5.41) is 8.95. The highest BCUT2D eigenvalue weighted by molar-refractivity contribution is 5.81. The summed E-state index contributed by atoms with van der Waals surface area (Å²) >= 11 is 0. The van der Waals surface area contributed by atoms with Crippen molar-refractivity contribution in [3.63, 3.8) is 0 Å². The first-order chi connectivity index (χ1) is 6.57. The molecule has 1 rings (SSSR count). The third kappa shape index (κ3) is 2.04.